The first-order valence-corrected chi connectivity index (χ1v) is 4.73. The molecule has 0 unspecified atom stereocenters. The zero-order chi connectivity index (χ0) is 10.4. The van der Waals surface area contributed by atoms with E-state index in [0.29, 0.717) is 23.2 Å². The molecule has 0 aromatic carbocycles. The van der Waals surface area contributed by atoms with Gasteiger partial charge in [-0.05, 0) is 18.6 Å². The second-order valence-electron chi connectivity index (χ2n) is 2.75. The van der Waals surface area contributed by atoms with Crippen LogP contribution in [-0.2, 0) is 0 Å². The molecule has 1 amide bonds. The quantitative estimate of drug-likeness (QED) is 0.512. The highest BCUT2D eigenvalue weighted by molar-refractivity contribution is 7.71. The van der Waals surface area contributed by atoms with Crippen LogP contribution < -0.4 is 5.32 Å². The Balaban J connectivity index is 2.61. The van der Waals surface area contributed by atoms with Crippen molar-refractivity contribution in [2.45, 2.75) is 6.42 Å². The normalized spacial score (nSPS) is 9.79. The molecule has 1 rings (SSSR count). The number of nitrogens with one attached hydrogen (secondary N) is 2. The van der Waals surface area contributed by atoms with Crippen LogP contribution in [0.3, 0.4) is 0 Å². The molecule has 0 radical (unpaired) electrons. The molecule has 0 saturated carbocycles. The van der Waals surface area contributed by atoms with E-state index in [-0.39, 0.29) is 12.5 Å². The summed E-state index contributed by atoms with van der Waals surface area (Å²) in [5, 5.41) is 11.2. The van der Waals surface area contributed by atoms with Crippen molar-refractivity contribution in [2.75, 3.05) is 13.2 Å². The van der Waals surface area contributed by atoms with Gasteiger partial charge in [0.25, 0.3) is 5.91 Å². The molecule has 0 atom stereocenters. The fourth-order valence-corrected chi connectivity index (χ4v) is 1.21. The summed E-state index contributed by atoms with van der Waals surface area (Å²) < 4.78 is 0.425. The third-order valence-electron chi connectivity index (χ3n) is 1.68. The van der Waals surface area contributed by atoms with Crippen molar-refractivity contribution < 1.29 is 9.90 Å². The summed E-state index contributed by atoms with van der Waals surface area (Å²) in [4.78, 5) is 14.2. The number of amides is 1. The van der Waals surface area contributed by atoms with Gasteiger partial charge in [-0.2, -0.15) is 0 Å². The second kappa shape index (κ2) is 5.51. The predicted molar refractivity (Wildman–Crippen MR) is 55.7 cm³/mol. The van der Waals surface area contributed by atoms with Crippen LogP contribution in [0.25, 0.3) is 0 Å². The molecule has 0 aliphatic rings. The molecule has 4 nitrogen and oxygen atoms in total. The molecule has 1 heterocycles. The number of hydrogen-bond acceptors (Lipinski definition) is 3. The molecule has 0 aliphatic heterocycles. The number of aromatic nitrogens is 1. The fraction of sp³-hybridized carbons (Fsp3) is 0.333. The Labute approximate surface area is 87.0 Å². The second-order valence-corrected chi connectivity index (χ2v) is 3.15. The number of aliphatic hydroxyl groups is 1. The van der Waals surface area contributed by atoms with E-state index in [9.17, 15) is 4.79 Å². The third-order valence-corrected chi connectivity index (χ3v) is 2.02. The van der Waals surface area contributed by atoms with Gasteiger partial charge in [0.05, 0.1) is 5.56 Å². The van der Waals surface area contributed by atoms with Crippen molar-refractivity contribution in [1.82, 2.24) is 10.3 Å². The lowest BCUT2D eigenvalue weighted by Crippen LogP contribution is -2.25. The molecule has 0 aliphatic carbocycles. The van der Waals surface area contributed by atoms with Crippen LogP contribution in [0.1, 0.15) is 16.8 Å². The topological polar surface area (TPSA) is 65.1 Å². The van der Waals surface area contributed by atoms with Gasteiger partial charge in [0.1, 0.15) is 4.64 Å². The molecule has 0 spiro atoms. The van der Waals surface area contributed by atoms with Crippen LogP contribution in [0.2, 0.25) is 0 Å². The van der Waals surface area contributed by atoms with Gasteiger partial charge in [0.2, 0.25) is 0 Å². The first-order chi connectivity index (χ1) is 6.75. The van der Waals surface area contributed by atoms with Crippen molar-refractivity contribution in [1.29, 1.82) is 0 Å². The summed E-state index contributed by atoms with van der Waals surface area (Å²) in [6, 6.07) is 3.38. The Bertz CT molecular complexity index is 362. The van der Waals surface area contributed by atoms with Crippen molar-refractivity contribution in [3.05, 3.63) is 28.5 Å². The number of aliphatic hydroxyl groups excluding tert-OH is 1. The molecule has 1 aromatic heterocycles. The molecular formula is C9H12N2O2S. The van der Waals surface area contributed by atoms with Gasteiger partial charge in [-0.3, -0.25) is 4.79 Å². The number of pyridine rings is 1. The van der Waals surface area contributed by atoms with Crippen LogP contribution in [0.4, 0.5) is 0 Å². The zero-order valence-electron chi connectivity index (χ0n) is 7.62. The Morgan fingerprint density at radius 3 is 3.07 bits per heavy atom. The van der Waals surface area contributed by atoms with Crippen molar-refractivity contribution in [3.8, 4) is 0 Å². The molecule has 0 fully saturated rings. The van der Waals surface area contributed by atoms with Gasteiger partial charge in [-0.15, -0.1) is 0 Å². The predicted octanol–water partition coefficient (Wildman–Crippen LogP) is 0.856. The summed E-state index contributed by atoms with van der Waals surface area (Å²) in [7, 11) is 0. The maximum atomic E-state index is 11.5. The highest BCUT2D eigenvalue weighted by atomic mass is 32.1. The summed E-state index contributed by atoms with van der Waals surface area (Å²) in [6.45, 7) is 0.529. The first-order valence-electron chi connectivity index (χ1n) is 4.32. The molecule has 3 N–H and O–H groups in total. The molecule has 1 aromatic rings. The number of H-pyrrole nitrogens is 1. The molecule has 76 valence electrons. The number of rotatable bonds is 4. The summed E-state index contributed by atoms with van der Waals surface area (Å²) in [5.41, 5.74) is 0.459. The van der Waals surface area contributed by atoms with E-state index in [2.05, 4.69) is 10.3 Å². The van der Waals surface area contributed by atoms with Gasteiger partial charge in [0.15, 0.2) is 0 Å². The first kappa shape index (κ1) is 10.9. The summed E-state index contributed by atoms with van der Waals surface area (Å²) in [6.07, 6.45) is 2.22. The van der Waals surface area contributed by atoms with Gasteiger partial charge in [0, 0.05) is 19.3 Å². The SMILES string of the molecule is O=C(NCCCO)c1ccc[nH]c1=S. The van der Waals surface area contributed by atoms with Crippen LogP contribution in [-0.4, -0.2) is 29.1 Å². The molecule has 0 saturated heterocycles. The minimum absolute atomic E-state index is 0.0714. The van der Waals surface area contributed by atoms with Gasteiger partial charge in [-0.1, -0.05) is 12.2 Å². The average molecular weight is 212 g/mol. The van der Waals surface area contributed by atoms with Gasteiger partial charge in [-0.25, -0.2) is 0 Å². The Morgan fingerprint density at radius 1 is 1.64 bits per heavy atom. The number of carbonyl (C=O) groups is 1. The minimum Gasteiger partial charge on any atom is -0.396 e. The largest absolute Gasteiger partial charge is 0.396 e. The summed E-state index contributed by atoms with van der Waals surface area (Å²) in [5.74, 6) is -0.208. The lowest BCUT2D eigenvalue weighted by Gasteiger charge is -2.03. The van der Waals surface area contributed by atoms with E-state index in [0.717, 1.165) is 0 Å². The molecule has 14 heavy (non-hydrogen) atoms. The van der Waals surface area contributed by atoms with E-state index in [4.69, 9.17) is 17.3 Å². The van der Waals surface area contributed by atoms with E-state index in [1.807, 2.05) is 0 Å². The average Bonchev–Trinajstić information content (AvgIpc) is 2.18. The van der Waals surface area contributed by atoms with Crippen LogP contribution in [0.5, 0.6) is 0 Å². The molecule has 5 heteroatoms. The highest BCUT2D eigenvalue weighted by Gasteiger charge is 2.05. The molecule has 0 bridgehead atoms. The Hall–Kier alpha value is -1.20. The lowest BCUT2D eigenvalue weighted by molar-refractivity contribution is 0.0950. The van der Waals surface area contributed by atoms with Crippen LogP contribution in [0, 0.1) is 4.64 Å². The maximum Gasteiger partial charge on any atom is 0.254 e. The Morgan fingerprint density at radius 2 is 2.43 bits per heavy atom. The molecular weight excluding hydrogens is 200 g/mol. The van der Waals surface area contributed by atoms with Crippen molar-refractivity contribution in [3.63, 3.8) is 0 Å². The minimum atomic E-state index is -0.208. The van der Waals surface area contributed by atoms with E-state index in [1.165, 1.54) is 0 Å². The monoisotopic (exact) mass is 212 g/mol. The van der Waals surface area contributed by atoms with E-state index in [1.54, 1.807) is 18.3 Å². The van der Waals surface area contributed by atoms with Gasteiger partial charge < -0.3 is 15.4 Å². The lowest BCUT2D eigenvalue weighted by atomic mass is 10.2. The Kier molecular flexibility index (Phi) is 4.28. The highest BCUT2D eigenvalue weighted by Crippen LogP contribution is 1.98. The van der Waals surface area contributed by atoms with E-state index >= 15 is 0 Å². The third kappa shape index (κ3) is 2.93. The fourth-order valence-electron chi connectivity index (χ4n) is 0.977. The van der Waals surface area contributed by atoms with Crippen molar-refractivity contribution >= 4 is 18.1 Å². The maximum absolute atomic E-state index is 11.5. The smallest absolute Gasteiger partial charge is 0.254 e. The zero-order valence-corrected chi connectivity index (χ0v) is 8.43. The van der Waals surface area contributed by atoms with Crippen LogP contribution >= 0.6 is 12.2 Å². The number of aromatic amines is 1. The standard InChI is InChI=1S/C9H12N2O2S/c12-6-2-5-10-8(13)7-3-1-4-11-9(7)14/h1,3-4,12H,2,5-6H2,(H,10,13)(H,11,14). The summed E-state index contributed by atoms with van der Waals surface area (Å²) >= 11 is 4.94. The number of carbonyl (C=O) groups excluding carboxylic acids is 1. The van der Waals surface area contributed by atoms with Crippen LogP contribution in [0.15, 0.2) is 18.3 Å². The van der Waals surface area contributed by atoms with Gasteiger partial charge >= 0.3 is 0 Å². The van der Waals surface area contributed by atoms with Crippen molar-refractivity contribution in [2.24, 2.45) is 0 Å². The van der Waals surface area contributed by atoms with E-state index < -0.39 is 0 Å². The number of hydrogen-bond donors (Lipinski definition) is 3.